The third-order valence-electron chi connectivity index (χ3n) is 4.82. The first-order valence-corrected chi connectivity index (χ1v) is 9.93. The summed E-state index contributed by atoms with van der Waals surface area (Å²) in [4.78, 5) is 14.4. The summed E-state index contributed by atoms with van der Waals surface area (Å²) in [6, 6.07) is 19.0. The maximum absolute atomic E-state index is 12.2. The summed E-state index contributed by atoms with van der Waals surface area (Å²) in [5, 5.41) is 11.6. The lowest BCUT2D eigenvalue weighted by Gasteiger charge is -2.27. The lowest BCUT2D eigenvalue weighted by atomic mass is 10.1. The Balaban J connectivity index is 1.37. The largest absolute Gasteiger partial charge is 0.484 e. The van der Waals surface area contributed by atoms with Crippen LogP contribution < -0.4 is 15.0 Å². The number of aryl methyl sites for hydroxylation is 1. The number of aromatic nitrogens is 2. The molecule has 0 unspecified atom stereocenters. The molecule has 0 spiro atoms. The summed E-state index contributed by atoms with van der Waals surface area (Å²) in [7, 11) is 0. The van der Waals surface area contributed by atoms with E-state index in [1.807, 2.05) is 67.6 Å². The molecule has 2 aromatic carbocycles. The number of hydrogen-bond acceptors (Lipinski definition) is 6. The molecule has 1 amide bonds. The van der Waals surface area contributed by atoms with Gasteiger partial charge in [0.25, 0.3) is 5.91 Å². The van der Waals surface area contributed by atoms with Crippen LogP contribution in [0.2, 0.25) is 0 Å². The van der Waals surface area contributed by atoms with Gasteiger partial charge < -0.3 is 19.7 Å². The summed E-state index contributed by atoms with van der Waals surface area (Å²) >= 11 is 0. The van der Waals surface area contributed by atoms with Gasteiger partial charge in [-0.1, -0.05) is 29.8 Å². The van der Waals surface area contributed by atoms with Crippen LogP contribution in [-0.2, 0) is 9.53 Å². The van der Waals surface area contributed by atoms with E-state index in [-0.39, 0.29) is 12.5 Å². The van der Waals surface area contributed by atoms with Gasteiger partial charge in [0.1, 0.15) is 5.75 Å². The Kier molecular flexibility index (Phi) is 6.20. The van der Waals surface area contributed by atoms with Crippen molar-refractivity contribution in [2.75, 3.05) is 43.1 Å². The third-order valence-corrected chi connectivity index (χ3v) is 4.82. The minimum atomic E-state index is -0.221. The molecule has 0 aliphatic carbocycles. The molecule has 1 aliphatic rings. The van der Waals surface area contributed by atoms with Crippen LogP contribution in [-0.4, -0.2) is 49.0 Å². The van der Waals surface area contributed by atoms with Crippen molar-refractivity contribution in [3.63, 3.8) is 0 Å². The van der Waals surface area contributed by atoms with Crippen molar-refractivity contribution in [1.82, 2.24) is 10.2 Å². The highest BCUT2D eigenvalue weighted by atomic mass is 16.5. The SMILES string of the molecule is Cc1ccc(OCC(=O)Nc2cccc(-c3ccc(N4CCOCC4)nn3)c2)cc1. The van der Waals surface area contributed by atoms with E-state index in [0.717, 1.165) is 35.7 Å². The topological polar surface area (TPSA) is 76.6 Å². The minimum absolute atomic E-state index is 0.0542. The number of morpholine rings is 1. The molecule has 0 atom stereocenters. The molecule has 1 aromatic heterocycles. The predicted molar refractivity (Wildman–Crippen MR) is 116 cm³/mol. The molecule has 1 aliphatic heterocycles. The monoisotopic (exact) mass is 404 g/mol. The van der Waals surface area contributed by atoms with Crippen molar-refractivity contribution in [1.29, 1.82) is 0 Å². The molecule has 2 heterocycles. The van der Waals surface area contributed by atoms with Crippen LogP contribution in [0.3, 0.4) is 0 Å². The second kappa shape index (κ2) is 9.37. The quantitative estimate of drug-likeness (QED) is 0.679. The van der Waals surface area contributed by atoms with Crippen LogP contribution >= 0.6 is 0 Å². The number of ether oxygens (including phenoxy) is 2. The number of benzene rings is 2. The molecule has 0 bridgehead atoms. The van der Waals surface area contributed by atoms with Crippen molar-refractivity contribution < 1.29 is 14.3 Å². The Morgan fingerprint density at radius 1 is 1.07 bits per heavy atom. The summed E-state index contributed by atoms with van der Waals surface area (Å²) in [5.41, 5.74) is 3.46. The van der Waals surface area contributed by atoms with E-state index in [0.29, 0.717) is 24.7 Å². The number of nitrogens with zero attached hydrogens (tertiary/aromatic N) is 3. The highest BCUT2D eigenvalue weighted by Crippen LogP contribution is 2.22. The fourth-order valence-electron chi connectivity index (χ4n) is 3.18. The standard InChI is InChI=1S/C23H24N4O3/c1-17-5-7-20(8-6-17)30-16-23(28)24-19-4-2-3-18(15-19)21-9-10-22(26-25-21)27-11-13-29-14-12-27/h2-10,15H,11-14,16H2,1H3,(H,24,28). The maximum atomic E-state index is 12.2. The molecule has 1 saturated heterocycles. The zero-order valence-electron chi connectivity index (χ0n) is 16.9. The molecule has 4 rings (SSSR count). The fourth-order valence-corrected chi connectivity index (χ4v) is 3.18. The van der Waals surface area contributed by atoms with Gasteiger partial charge in [-0.2, -0.15) is 0 Å². The zero-order chi connectivity index (χ0) is 20.8. The maximum Gasteiger partial charge on any atom is 0.262 e. The van der Waals surface area contributed by atoms with Crippen LogP contribution in [0.15, 0.2) is 60.7 Å². The van der Waals surface area contributed by atoms with Gasteiger partial charge in [-0.3, -0.25) is 4.79 Å². The molecule has 7 heteroatoms. The molecular formula is C23H24N4O3. The van der Waals surface area contributed by atoms with E-state index in [2.05, 4.69) is 20.4 Å². The summed E-state index contributed by atoms with van der Waals surface area (Å²) in [6.07, 6.45) is 0. The van der Waals surface area contributed by atoms with Gasteiger partial charge in [0.05, 0.1) is 18.9 Å². The molecule has 3 aromatic rings. The van der Waals surface area contributed by atoms with Crippen molar-refractivity contribution in [3.8, 4) is 17.0 Å². The molecular weight excluding hydrogens is 380 g/mol. The van der Waals surface area contributed by atoms with Gasteiger partial charge in [-0.05, 0) is 43.3 Å². The smallest absolute Gasteiger partial charge is 0.262 e. The van der Waals surface area contributed by atoms with Crippen LogP contribution in [0.25, 0.3) is 11.3 Å². The summed E-state index contributed by atoms with van der Waals surface area (Å²) in [5.74, 6) is 1.29. The second-order valence-electron chi connectivity index (χ2n) is 7.11. The molecule has 30 heavy (non-hydrogen) atoms. The average molecular weight is 404 g/mol. The Morgan fingerprint density at radius 2 is 1.87 bits per heavy atom. The van der Waals surface area contributed by atoms with E-state index >= 15 is 0 Å². The third kappa shape index (κ3) is 5.12. The number of rotatable bonds is 6. The van der Waals surface area contributed by atoms with E-state index in [1.54, 1.807) is 0 Å². The molecule has 154 valence electrons. The first-order chi connectivity index (χ1) is 14.7. The Labute approximate surface area is 175 Å². The van der Waals surface area contributed by atoms with E-state index in [1.165, 1.54) is 0 Å². The summed E-state index contributed by atoms with van der Waals surface area (Å²) in [6.45, 7) is 5.00. The number of nitrogens with one attached hydrogen (secondary N) is 1. The Hall–Kier alpha value is -3.45. The number of carbonyl (C=O) groups excluding carboxylic acids is 1. The van der Waals surface area contributed by atoms with Gasteiger partial charge in [0.2, 0.25) is 0 Å². The van der Waals surface area contributed by atoms with E-state index in [9.17, 15) is 4.79 Å². The van der Waals surface area contributed by atoms with Crippen LogP contribution in [0.5, 0.6) is 5.75 Å². The van der Waals surface area contributed by atoms with Gasteiger partial charge in [-0.25, -0.2) is 0 Å². The predicted octanol–water partition coefficient (Wildman–Crippen LogP) is 3.31. The molecule has 1 fully saturated rings. The molecule has 1 N–H and O–H groups in total. The lowest BCUT2D eigenvalue weighted by molar-refractivity contribution is -0.118. The minimum Gasteiger partial charge on any atom is -0.484 e. The van der Waals surface area contributed by atoms with Crippen molar-refractivity contribution in [2.45, 2.75) is 6.92 Å². The first-order valence-electron chi connectivity index (χ1n) is 9.93. The van der Waals surface area contributed by atoms with Gasteiger partial charge >= 0.3 is 0 Å². The lowest BCUT2D eigenvalue weighted by Crippen LogP contribution is -2.36. The fraction of sp³-hybridized carbons (Fsp3) is 0.261. The van der Waals surface area contributed by atoms with E-state index in [4.69, 9.17) is 9.47 Å². The first kappa shape index (κ1) is 19.8. The second-order valence-corrected chi connectivity index (χ2v) is 7.11. The van der Waals surface area contributed by atoms with E-state index < -0.39 is 0 Å². The number of hydrogen-bond donors (Lipinski definition) is 1. The molecule has 0 radical (unpaired) electrons. The van der Waals surface area contributed by atoms with Crippen molar-refractivity contribution in [3.05, 3.63) is 66.2 Å². The Morgan fingerprint density at radius 3 is 2.60 bits per heavy atom. The highest BCUT2D eigenvalue weighted by Gasteiger charge is 2.13. The molecule has 7 nitrogen and oxygen atoms in total. The highest BCUT2D eigenvalue weighted by molar-refractivity contribution is 5.92. The summed E-state index contributed by atoms with van der Waals surface area (Å²) < 4.78 is 10.9. The van der Waals surface area contributed by atoms with Crippen LogP contribution in [0.1, 0.15) is 5.56 Å². The van der Waals surface area contributed by atoms with Crippen molar-refractivity contribution >= 4 is 17.4 Å². The van der Waals surface area contributed by atoms with Crippen molar-refractivity contribution in [2.24, 2.45) is 0 Å². The number of carbonyl (C=O) groups is 1. The van der Waals surface area contributed by atoms with Gasteiger partial charge in [0, 0.05) is 24.3 Å². The normalized spacial score (nSPS) is 13.7. The van der Waals surface area contributed by atoms with Gasteiger partial charge in [-0.15, -0.1) is 10.2 Å². The average Bonchev–Trinajstić information content (AvgIpc) is 2.80. The zero-order valence-corrected chi connectivity index (χ0v) is 16.9. The van der Waals surface area contributed by atoms with Crippen LogP contribution in [0.4, 0.5) is 11.5 Å². The van der Waals surface area contributed by atoms with Crippen LogP contribution in [0, 0.1) is 6.92 Å². The molecule has 0 saturated carbocycles. The number of anilines is 2. The Bertz CT molecular complexity index is 984. The number of amides is 1. The van der Waals surface area contributed by atoms with Gasteiger partial charge in [0.15, 0.2) is 12.4 Å².